The van der Waals surface area contributed by atoms with Crippen LogP contribution in [0.4, 0.5) is 0 Å². The Morgan fingerprint density at radius 2 is 2.18 bits per heavy atom. The first-order chi connectivity index (χ1) is 10.5. The highest BCUT2D eigenvalue weighted by atomic mass is 35.5. The number of ether oxygens (including phenoxy) is 2. The first kappa shape index (κ1) is 17.0. The topological polar surface area (TPSA) is 60.8 Å². The predicted molar refractivity (Wildman–Crippen MR) is 88.4 cm³/mol. The van der Waals surface area contributed by atoms with Crippen LogP contribution in [-0.4, -0.2) is 11.6 Å². The Morgan fingerprint density at radius 1 is 1.41 bits per heavy atom. The molecule has 1 atom stereocenters. The van der Waals surface area contributed by atoms with E-state index >= 15 is 0 Å². The zero-order valence-electron chi connectivity index (χ0n) is 12.0. The van der Waals surface area contributed by atoms with Crippen LogP contribution in [0.2, 0.25) is 5.02 Å². The molecule has 1 aromatic heterocycles. The molecule has 1 heterocycles. The molecule has 0 amide bonds. The minimum Gasteiger partial charge on any atom is -0.493 e. The van der Waals surface area contributed by atoms with Gasteiger partial charge in [-0.2, -0.15) is 0 Å². The van der Waals surface area contributed by atoms with Gasteiger partial charge in [0.15, 0.2) is 0 Å². The minimum absolute atomic E-state index is 0.335. The Labute approximate surface area is 142 Å². The maximum atomic E-state index is 10.4. The second-order valence-electron chi connectivity index (χ2n) is 4.87. The van der Waals surface area contributed by atoms with E-state index in [0.717, 1.165) is 11.3 Å². The van der Waals surface area contributed by atoms with Crippen LogP contribution in [0.1, 0.15) is 24.2 Å². The zero-order chi connectivity index (χ0) is 16.1. The lowest BCUT2D eigenvalue weighted by atomic mass is 10.2. The van der Waals surface area contributed by atoms with Gasteiger partial charge < -0.3 is 9.47 Å². The van der Waals surface area contributed by atoms with Crippen molar-refractivity contribution in [1.82, 2.24) is 4.98 Å². The van der Waals surface area contributed by atoms with Gasteiger partial charge in [0, 0.05) is 12.3 Å². The lowest BCUT2D eigenvalue weighted by Gasteiger charge is -2.10. The summed E-state index contributed by atoms with van der Waals surface area (Å²) in [4.78, 5) is 14.9. The molecule has 0 saturated heterocycles. The van der Waals surface area contributed by atoms with Crippen LogP contribution in [0, 0.1) is 10.8 Å². The molecule has 8 heteroatoms. The Kier molecular flexibility index (Phi) is 5.99. The summed E-state index contributed by atoms with van der Waals surface area (Å²) >= 11 is 13.0. The molecule has 0 fully saturated rings. The molecule has 0 N–H and O–H groups in total. The Bertz CT molecular complexity index is 649. The van der Waals surface area contributed by atoms with Crippen molar-refractivity contribution in [2.24, 2.45) is 11.1 Å². The summed E-state index contributed by atoms with van der Waals surface area (Å²) in [6, 6.07) is 5.16. The van der Waals surface area contributed by atoms with Crippen molar-refractivity contribution in [3.05, 3.63) is 39.2 Å². The quantitative estimate of drug-likeness (QED) is 0.364. The maximum Gasteiger partial charge on any atom is 0.279 e. The third-order valence-corrected chi connectivity index (χ3v) is 4.18. The molecule has 5 nitrogen and oxygen atoms in total. The number of nitroso groups, excluding NO2 is 1. The molecule has 2 aromatic rings. The van der Waals surface area contributed by atoms with Crippen LogP contribution in [0.5, 0.6) is 16.7 Å². The van der Waals surface area contributed by atoms with E-state index in [2.05, 4.69) is 24.0 Å². The molecule has 0 saturated carbocycles. The maximum absolute atomic E-state index is 10.4. The van der Waals surface area contributed by atoms with Gasteiger partial charge in [0.2, 0.25) is 5.50 Å². The van der Waals surface area contributed by atoms with E-state index in [0.29, 0.717) is 39.1 Å². The van der Waals surface area contributed by atoms with E-state index < -0.39 is 5.50 Å². The Hall–Kier alpha value is -1.37. The van der Waals surface area contributed by atoms with Gasteiger partial charge in [-0.3, -0.25) is 0 Å². The summed E-state index contributed by atoms with van der Waals surface area (Å²) in [7, 11) is 0. The number of thiazole rings is 1. The van der Waals surface area contributed by atoms with Gasteiger partial charge in [-0.15, -0.1) is 4.91 Å². The average molecular weight is 361 g/mol. The molecule has 118 valence electrons. The third-order valence-electron chi connectivity index (χ3n) is 2.51. The van der Waals surface area contributed by atoms with Gasteiger partial charge in [0.1, 0.15) is 11.5 Å². The highest BCUT2D eigenvalue weighted by molar-refractivity contribution is 7.13. The van der Waals surface area contributed by atoms with Gasteiger partial charge in [0.05, 0.1) is 16.5 Å². The van der Waals surface area contributed by atoms with Crippen LogP contribution < -0.4 is 9.47 Å². The molecule has 0 aliphatic rings. The third kappa shape index (κ3) is 4.56. The van der Waals surface area contributed by atoms with Gasteiger partial charge in [-0.05, 0) is 23.2 Å². The Morgan fingerprint density at radius 3 is 2.82 bits per heavy atom. The van der Waals surface area contributed by atoms with Crippen LogP contribution in [0.3, 0.4) is 0 Å². The molecule has 0 bridgehead atoms. The van der Waals surface area contributed by atoms with Crippen LogP contribution in [0.25, 0.3) is 0 Å². The lowest BCUT2D eigenvalue weighted by Crippen LogP contribution is -2.04. The van der Waals surface area contributed by atoms with Crippen molar-refractivity contribution in [3.8, 4) is 16.7 Å². The number of benzene rings is 1. The molecule has 1 unspecified atom stereocenters. The van der Waals surface area contributed by atoms with Crippen molar-refractivity contribution in [2.45, 2.75) is 19.3 Å². The van der Waals surface area contributed by atoms with Crippen molar-refractivity contribution in [2.75, 3.05) is 6.61 Å². The minimum atomic E-state index is -0.961. The van der Waals surface area contributed by atoms with Crippen LogP contribution >= 0.6 is 34.5 Å². The SMILES string of the molecule is CC(C)COc1ccc(Oc2ncc(C(Cl)N=O)s2)c(Cl)c1. The Balaban J connectivity index is 2.06. The van der Waals surface area contributed by atoms with E-state index in [1.807, 2.05) is 0 Å². The van der Waals surface area contributed by atoms with Gasteiger partial charge in [-0.25, -0.2) is 4.98 Å². The molecule has 22 heavy (non-hydrogen) atoms. The predicted octanol–water partition coefficient (Wildman–Crippen LogP) is 5.63. The average Bonchev–Trinajstić information content (AvgIpc) is 2.95. The standard InChI is InChI=1S/C14H14Cl2N2O3S/c1-8(2)7-20-9-3-4-11(10(15)5-9)21-14-17-6-12(22-14)13(16)18-19/h3-6,8,13H,7H2,1-2H3. The molecular formula is C14H14Cl2N2O3S. The summed E-state index contributed by atoms with van der Waals surface area (Å²) in [6.45, 7) is 4.75. The summed E-state index contributed by atoms with van der Waals surface area (Å²) in [6.07, 6.45) is 1.45. The number of aromatic nitrogens is 1. The largest absolute Gasteiger partial charge is 0.493 e. The lowest BCUT2D eigenvalue weighted by molar-refractivity contribution is 0.271. The molecule has 0 spiro atoms. The number of hydrogen-bond donors (Lipinski definition) is 0. The first-order valence-corrected chi connectivity index (χ1v) is 8.15. The zero-order valence-corrected chi connectivity index (χ0v) is 14.3. The fourth-order valence-electron chi connectivity index (χ4n) is 1.49. The van der Waals surface area contributed by atoms with Gasteiger partial charge >= 0.3 is 0 Å². The summed E-state index contributed by atoms with van der Waals surface area (Å²) in [5, 5.41) is 3.48. The van der Waals surface area contributed by atoms with Crippen LogP contribution in [0.15, 0.2) is 29.6 Å². The molecular weight excluding hydrogens is 347 g/mol. The highest BCUT2D eigenvalue weighted by Gasteiger charge is 2.14. The number of rotatable bonds is 7. The fourth-order valence-corrected chi connectivity index (χ4v) is 2.57. The summed E-state index contributed by atoms with van der Waals surface area (Å²) in [5.74, 6) is 1.56. The molecule has 0 radical (unpaired) electrons. The molecule has 2 rings (SSSR count). The van der Waals surface area contributed by atoms with E-state index in [1.165, 1.54) is 6.20 Å². The molecule has 0 aliphatic carbocycles. The van der Waals surface area contributed by atoms with Crippen molar-refractivity contribution in [1.29, 1.82) is 0 Å². The number of nitrogens with zero attached hydrogens (tertiary/aromatic N) is 2. The molecule has 0 aliphatic heterocycles. The summed E-state index contributed by atoms with van der Waals surface area (Å²) < 4.78 is 11.2. The van der Waals surface area contributed by atoms with E-state index in [9.17, 15) is 4.91 Å². The van der Waals surface area contributed by atoms with Crippen LogP contribution in [-0.2, 0) is 0 Å². The first-order valence-electron chi connectivity index (χ1n) is 6.52. The van der Waals surface area contributed by atoms with Crippen molar-refractivity contribution < 1.29 is 9.47 Å². The number of halogens is 2. The van der Waals surface area contributed by atoms with E-state index in [-0.39, 0.29) is 0 Å². The normalized spacial score (nSPS) is 12.2. The fraction of sp³-hybridized carbons (Fsp3) is 0.357. The molecule has 1 aromatic carbocycles. The second-order valence-corrected chi connectivity index (χ2v) is 6.71. The highest BCUT2D eigenvalue weighted by Crippen LogP contribution is 2.36. The van der Waals surface area contributed by atoms with Gasteiger partial charge in [-0.1, -0.05) is 48.4 Å². The van der Waals surface area contributed by atoms with E-state index in [1.54, 1.807) is 18.2 Å². The van der Waals surface area contributed by atoms with Crippen molar-refractivity contribution in [3.63, 3.8) is 0 Å². The second kappa shape index (κ2) is 7.76. The van der Waals surface area contributed by atoms with E-state index in [4.69, 9.17) is 32.7 Å². The monoisotopic (exact) mass is 360 g/mol. The number of alkyl halides is 1. The smallest absolute Gasteiger partial charge is 0.279 e. The van der Waals surface area contributed by atoms with Crippen molar-refractivity contribution >= 4 is 34.5 Å². The summed E-state index contributed by atoms with van der Waals surface area (Å²) in [5.41, 5.74) is -0.961. The number of hydrogen-bond acceptors (Lipinski definition) is 6. The van der Waals surface area contributed by atoms with Gasteiger partial charge in [0.25, 0.3) is 5.19 Å².